The molecule has 0 aliphatic rings. The lowest BCUT2D eigenvalue weighted by Crippen LogP contribution is -2.37. The average molecular weight is 340 g/mol. The van der Waals surface area contributed by atoms with E-state index < -0.39 is 10.0 Å². The molecule has 130 valence electrons. The van der Waals surface area contributed by atoms with Gasteiger partial charge < -0.3 is 5.32 Å². The van der Waals surface area contributed by atoms with Crippen molar-refractivity contribution in [2.75, 3.05) is 17.1 Å². The molecular formula is C17H28N2O3S. The van der Waals surface area contributed by atoms with Gasteiger partial charge >= 0.3 is 0 Å². The van der Waals surface area contributed by atoms with Gasteiger partial charge in [-0.05, 0) is 30.9 Å². The summed E-state index contributed by atoms with van der Waals surface area (Å²) in [6.07, 6.45) is 2.16. The first kappa shape index (κ1) is 19.5. The summed E-state index contributed by atoms with van der Waals surface area (Å²) in [6, 6.07) is 7.53. The number of nitrogens with zero attached hydrogens (tertiary/aromatic N) is 1. The second-order valence-corrected chi connectivity index (χ2v) is 8.08. The molecule has 0 aromatic heterocycles. The normalized spacial score (nSPS) is 13.0. The van der Waals surface area contributed by atoms with E-state index in [1.165, 1.54) is 10.6 Å². The number of carbonyl (C=O) groups excluding carboxylic acids is 1. The third-order valence-corrected chi connectivity index (χ3v) is 4.97. The van der Waals surface area contributed by atoms with Gasteiger partial charge in [0.1, 0.15) is 0 Å². The van der Waals surface area contributed by atoms with Crippen molar-refractivity contribution in [3.63, 3.8) is 0 Å². The summed E-state index contributed by atoms with van der Waals surface area (Å²) in [5.74, 6) is 0.0689. The summed E-state index contributed by atoms with van der Waals surface area (Å²) in [5, 5.41) is 2.86. The Morgan fingerprint density at radius 1 is 1.22 bits per heavy atom. The first-order chi connectivity index (χ1) is 10.7. The molecule has 0 saturated heterocycles. The summed E-state index contributed by atoms with van der Waals surface area (Å²) >= 11 is 0. The van der Waals surface area contributed by atoms with Crippen LogP contribution < -0.4 is 9.62 Å². The minimum absolute atomic E-state index is 0.0946. The van der Waals surface area contributed by atoms with Crippen molar-refractivity contribution in [2.24, 2.45) is 0 Å². The van der Waals surface area contributed by atoms with Gasteiger partial charge in [-0.25, -0.2) is 8.42 Å². The summed E-state index contributed by atoms with van der Waals surface area (Å²) in [4.78, 5) is 12.0. The molecule has 0 radical (unpaired) electrons. The fourth-order valence-corrected chi connectivity index (χ4v) is 3.27. The maximum Gasteiger partial charge on any atom is 0.232 e. The van der Waals surface area contributed by atoms with Crippen LogP contribution in [0.2, 0.25) is 0 Å². The number of anilines is 1. The van der Waals surface area contributed by atoms with Gasteiger partial charge in [0.15, 0.2) is 0 Å². The van der Waals surface area contributed by atoms with Crippen molar-refractivity contribution in [1.82, 2.24) is 5.32 Å². The Morgan fingerprint density at radius 3 is 2.35 bits per heavy atom. The minimum Gasteiger partial charge on any atom is -0.354 e. The van der Waals surface area contributed by atoms with Crippen molar-refractivity contribution >= 4 is 21.6 Å². The average Bonchev–Trinajstić information content (AvgIpc) is 2.46. The topological polar surface area (TPSA) is 66.5 Å². The Labute approximate surface area is 140 Å². The van der Waals surface area contributed by atoms with Crippen molar-refractivity contribution in [1.29, 1.82) is 0 Å². The molecule has 6 heteroatoms. The number of hydrogen-bond donors (Lipinski definition) is 1. The van der Waals surface area contributed by atoms with Crippen LogP contribution in [0.3, 0.4) is 0 Å². The number of amides is 1. The molecule has 1 rings (SSSR count). The number of rotatable bonds is 8. The molecule has 0 aliphatic carbocycles. The molecule has 5 nitrogen and oxygen atoms in total. The summed E-state index contributed by atoms with van der Waals surface area (Å²) < 4.78 is 25.7. The smallest absolute Gasteiger partial charge is 0.232 e. The second-order valence-electron chi connectivity index (χ2n) is 6.18. The van der Waals surface area contributed by atoms with Gasteiger partial charge in [-0.1, -0.05) is 39.0 Å². The van der Waals surface area contributed by atoms with Gasteiger partial charge in [-0.15, -0.1) is 0 Å². The molecular weight excluding hydrogens is 312 g/mol. The number of hydrogen-bond acceptors (Lipinski definition) is 3. The Hall–Kier alpha value is -1.56. The van der Waals surface area contributed by atoms with E-state index in [0.717, 1.165) is 12.0 Å². The van der Waals surface area contributed by atoms with E-state index in [1.54, 1.807) is 6.07 Å². The first-order valence-electron chi connectivity index (χ1n) is 8.02. The highest BCUT2D eigenvalue weighted by Crippen LogP contribution is 2.29. The summed E-state index contributed by atoms with van der Waals surface area (Å²) in [6.45, 7) is 8.11. The quantitative estimate of drug-likeness (QED) is 0.791. The fourth-order valence-electron chi connectivity index (χ4n) is 2.32. The highest BCUT2D eigenvalue weighted by molar-refractivity contribution is 7.92. The molecule has 1 aromatic rings. The molecule has 1 atom stereocenters. The lowest BCUT2D eigenvalue weighted by molar-refractivity contribution is -0.121. The van der Waals surface area contributed by atoms with E-state index in [1.807, 2.05) is 45.9 Å². The Balaban J connectivity index is 2.98. The third-order valence-electron chi connectivity index (χ3n) is 3.79. The second kappa shape index (κ2) is 8.34. The maximum absolute atomic E-state index is 12.2. The highest BCUT2D eigenvalue weighted by Gasteiger charge is 2.22. The molecule has 0 fully saturated rings. The number of sulfonamides is 1. The number of carbonyl (C=O) groups is 1. The van der Waals surface area contributed by atoms with Gasteiger partial charge in [0, 0.05) is 19.0 Å². The molecule has 0 saturated carbocycles. The van der Waals surface area contributed by atoms with Gasteiger partial charge in [-0.3, -0.25) is 9.10 Å². The van der Waals surface area contributed by atoms with Crippen LogP contribution in [0.1, 0.15) is 52.0 Å². The van der Waals surface area contributed by atoms with E-state index in [-0.39, 0.29) is 30.8 Å². The van der Waals surface area contributed by atoms with Crippen LogP contribution in [-0.2, 0) is 14.8 Å². The monoisotopic (exact) mass is 340 g/mol. The lowest BCUT2D eigenvalue weighted by Gasteiger charge is -2.26. The number of benzene rings is 1. The Kier molecular flexibility index (Phi) is 7.06. The zero-order valence-electron chi connectivity index (χ0n) is 14.7. The zero-order chi connectivity index (χ0) is 17.6. The van der Waals surface area contributed by atoms with Crippen LogP contribution in [0.5, 0.6) is 0 Å². The number of nitrogens with one attached hydrogen (secondary N) is 1. The van der Waals surface area contributed by atoms with Crippen LogP contribution >= 0.6 is 0 Å². The van der Waals surface area contributed by atoms with Crippen molar-refractivity contribution in [3.05, 3.63) is 29.8 Å². The predicted molar refractivity (Wildman–Crippen MR) is 95.2 cm³/mol. The molecule has 1 N–H and O–H groups in total. The lowest BCUT2D eigenvalue weighted by atomic mass is 10.0. The van der Waals surface area contributed by atoms with Crippen molar-refractivity contribution < 1.29 is 13.2 Å². The molecule has 0 aliphatic heterocycles. The van der Waals surface area contributed by atoms with Crippen LogP contribution in [0.4, 0.5) is 5.69 Å². The molecule has 23 heavy (non-hydrogen) atoms. The van der Waals surface area contributed by atoms with Crippen LogP contribution in [0.15, 0.2) is 24.3 Å². The maximum atomic E-state index is 12.2. The van der Waals surface area contributed by atoms with Crippen molar-refractivity contribution in [3.8, 4) is 0 Å². The van der Waals surface area contributed by atoms with Gasteiger partial charge in [0.05, 0.1) is 11.9 Å². The van der Waals surface area contributed by atoms with Crippen LogP contribution in [0, 0.1) is 0 Å². The molecule has 0 bridgehead atoms. The zero-order valence-corrected chi connectivity index (χ0v) is 15.5. The van der Waals surface area contributed by atoms with Crippen molar-refractivity contribution in [2.45, 2.75) is 52.5 Å². The van der Waals surface area contributed by atoms with E-state index in [9.17, 15) is 13.2 Å². The van der Waals surface area contributed by atoms with Gasteiger partial charge in [-0.2, -0.15) is 0 Å². The van der Waals surface area contributed by atoms with Crippen LogP contribution in [-0.4, -0.2) is 33.2 Å². The predicted octanol–water partition coefficient (Wildman–Crippen LogP) is 2.88. The van der Waals surface area contributed by atoms with E-state index in [0.29, 0.717) is 5.69 Å². The van der Waals surface area contributed by atoms with E-state index >= 15 is 0 Å². The van der Waals surface area contributed by atoms with Gasteiger partial charge in [0.2, 0.25) is 15.9 Å². The minimum atomic E-state index is -3.45. The number of para-hydroxylation sites is 1. The first-order valence-corrected chi connectivity index (χ1v) is 9.87. The summed E-state index contributed by atoms with van der Waals surface area (Å²) in [7, 11) is -3.45. The van der Waals surface area contributed by atoms with Gasteiger partial charge in [0.25, 0.3) is 0 Å². The molecule has 1 unspecified atom stereocenters. The Bertz CT molecular complexity index is 626. The SMILES string of the molecule is CCC(C)NC(=O)CCN(c1ccccc1C(C)C)S(C)(=O)=O. The molecule has 0 spiro atoms. The highest BCUT2D eigenvalue weighted by atomic mass is 32.2. The van der Waals surface area contributed by atoms with E-state index in [2.05, 4.69) is 5.32 Å². The summed E-state index contributed by atoms with van der Waals surface area (Å²) in [5.41, 5.74) is 1.61. The Morgan fingerprint density at radius 2 is 1.83 bits per heavy atom. The standard InChI is InChI=1S/C17H28N2O3S/c1-6-14(4)18-17(20)11-12-19(23(5,21)22)16-10-8-7-9-15(16)13(2)3/h7-10,13-14H,6,11-12H2,1-5H3,(H,18,20). The fraction of sp³-hybridized carbons (Fsp3) is 0.588. The van der Waals surface area contributed by atoms with E-state index in [4.69, 9.17) is 0 Å². The largest absolute Gasteiger partial charge is 0.354 e. The van der Waals surface area contributed by atoms with Crippen LogP contribution in [0.25, 0.3) is 0 Å². The molecule has 0 heterocycles. The molecule has 1 aromatic carbocycles. The third kappa shape index (κ3) is 5.86. The molecule has 1 amide bonds.